The minimum absolute atomic E-state index is 0.0607. The molecule has 2 heterocycles. The number of hydrogen-bond acceptors (Lipinski definition) is 4. The second-order valence-electron chi connectivity index (χ2n) is 10.4. The molecule has 2 saturated heterocycles. The molecule has 0 amide bonds. The molecular formula is C28H42F2O4. The maximum absolute atomic E-state index is 14.6. The number of unbranched alkanes of at least 4 members (excludes halogenated alkanes) is 2. The number of ether oxygens (including phenoxy) is 4. The summed E-state index contributed by atoms with van der Waals surface area (Å²) < 4.78 is 52.0. The van der Waals surface area contributed by atoms with Crippen LogP contribution < -0.4 is 4.74 Å². The van der Waals surface area contributed by atoms with Gasteiger partial charge in [0.1, 0.15) is 6.10 Å². The summed E-state index contributed by atoms with van der Waals surface area (Å²) in [6.07, 6.45) is 12.5. The fraction of sp³-hybridized carbons (Fsp3) is 0.786. The minimum atomic E-state index is -0.946. The van der Waals surface area contributed by atoms with Crippen LogP contribution in [0.15, 0.2) is 12.1 Å². The summed E-state index contributed by atoms with van der Waals surface area (Å²) in [5.41, 5.74) is 0.273. The van der Waals surface area contributed by atoms with E-state index in [1.54, 1.807) is 13.0 Å². The Labute approximate surface area is 203 Å². The van der Waals surface area contributed by atoms with Crippen molar-refractivity contribution in [2.45, 2.75) is 96.4 Å². The minimum Gasteiger partial charge on any atom is -0.491 e. The van der Waals surface area contributed by atoms with Gasteiger partial charge >= 0.3 is 0 Å². The van der Waals surface area contributed by atoms with Crippen LogP contribution in [0.4, 0.5) is 8.78 Å². The van der Waals surface area contributed by atoms with E-state index in [1.807, 2.05) is 0 Å². The molecule has 0 radical (unpaired) electrons. The Morgan fingerprint density at radius 2 is 1.56 bits per heavy atom. The summed E-state index contributed by atoms with van der Waals surface area (Å²) in [5, 5.41) is 0. The molecule has 3 fully saturated rings. The third-order valence-electron chi connectivity index (χ3n) is 8.16. The van der Waals surface area contributed by atoms with Crippen LogP contribution >= 0.6 is 0 Å². The van der Waals surface area contributed by atoms with E-state index < -0.39 is 17.9 Å². The smallest absolute Gasteiger partial charge is 0.200 e. The van der Waals surface area contributed by atoms with Gasteiger partial charge in [0.05, 0.1) is 26.4 Å². The molecule has 1 saturated carbocycles. The van der Waals surface area contributed by atoms with Crippen molar-refractivity contribution in [3.8, 4) is 5.75 Å². The van der Waals surface area contributed by atoms with Crippen molar-refractivity contribution in [3.63, 3.8) is 0 Å². The van der Waals surface area contributed by atoms with Crippen molar-refractivity contribution in [1.29, 1.82) is 0 Å². The first-order chi connectivity index (χ1) is 16.6. The van der Waals surface area contributed by atoms with Gasteiger partial charge in [-0.25, -0.2) is 4.39 Å². The van der Waals surface area contributed by atoms with E-state index in [2.05, 4.69) is 6.92 Å². The molecule has 1 aromatic carbocycles. The van der Waals surface area contributed by atoms with Crippen LogP contribution in [-0.2, 0) is 14.2 Å². The first-order valence-corrected chi connectivity index (χ1v) is 13.6. The van der Waals surface area contributed by atoms with E-state index in [-0.39, 0.29) is 29.9 Å². The normalized spacial score (nSPS) is 32.5. The molecule has 3 aliphatic rings. The van der Waals surface area contributed by atoms with Gasteiger partial charge in [0.25, 0.3) is 0 Å². The Hall–Kier alpha value is -1.24. The van der Waals surface area contributed by atoms with Crippen LogP contribution in [0.3, 0.4) is 0 Å². The lowest BCUT2D eigenvalue weighted by Crippen LogP contribution is -2.44. The van der Waals surface area contributed by atoms with Crippen molar-refractivity contribution in [3.05, 3.63) is 29.3 Å². The van der Waals surface area contributed by atoms with Crippen molar-refractivity contribution < 1.29 is 27.7 Å². The zero-order valence-electron chi connectivity index (χ0n) is 20.9. The summed E-state index contributed by atoms with van der Waals surface area (Å²) in [7, 11) is 0. The second kappa shape index (κ2) is 12.6. The third-order valence-corrected chi connectivity index (χ3v) is 8.16. The summed E-state index contributed by atoms with van der Waals surface area (Å²) in [4.78, 5) is 0. The zero-order chi connectivity index (χ0) is 23.9. The van der Waals surface area contributed by atoms with Crippen molar-refractivity contribution in [2.75, 3.05) is 26.4 Å². The highest BCUT2D eigenvalue weighted by atomic mass is 19.2. The molecule has 0 N–H and O–H groups in total. The Kier molecular flexibility index (Phi) is 9.61. The number of benzene rings is 1. The molecule has 1 aromatic rings. The SMILES string of the molecule is CCCCCC1CCC(C2CCC(C3OCC(c4ccc(OCC)c(F)c4F)CO3)OC2)CC1. The van der Waals surface area contributed by atoms with E-state index in [0.29, 0.717) is 19.1 Å². The molecule has 0 spiro atoms. The van der Waals surface area contributed by atoms with Crippen LogP contribution in [0.25, 0.3) is 0 Å². The second-order valence-corrected chi connectivity index (χ2v) is 10.4. The highest BCUT2D eigenvalue weighted by molar-refractivity contribution is 5.33. The van der Waals surface area contributed by atoms with E-state index in [0.717, 1.165) is 31.3 Å². The number of rotatable bonds is 9. The van der Waals surface area contributed by atoms with Gasteiger partial charge in [-0.2, -0.15) is 4.39 Å². The van der Waals surface area contributed by atoms with E-state index in [1.165, 1.54) is 57.4 Å². The standard InChI is InChI=1S/C28H42F2O4/c1-3-5-6-7-19-8-10-20(11-9-19)21-12-14-25(32-16-21)28-33-17-22(18-34-28)23-13-15-24(31-4-2)27(30)26(23)29/h13,15,19-22,25,28H,3-12,14,16-18H2,1-2H3. The van der Waals surface area contributed by atoms with Gasteiger partial charge in [0.2, 0.25) is 5.82 Å². The largest absolute Gasteiger partial charge is 0.491 e. The highest BCUT2D eigenvalue weighted by Crippen LogP contribution is 2.40. The molecular weight excluding hydrogens is 438 g/mol. The van der Waals surface area contributed by atoms with Crippen LogP contribution in [0, 0.1) is 29.4 Å². The Balaban J connectivity index is 1.19. The highest BCUT2D eigenvalue weighted by Gasteiger charge is 2.37. The quantitative estimate of drug-likeness (QED) is 0.357. The van der Waals surface area contributed by atoms with Gasteiger partial charge < -0.3 is 18.9 Å². The maximum Gasteiger partial charge on any atom is 0.200 e. The average molecular weight is 481 g/mol. The van der Waals surface area contributed by atoms with Crippen molar-refractivity contribution >= 4 is 0 Å². The first-order valence-electron chi connectivity index (χ1n) is 13.6. The summed E-state index contributed by atoms with van der Waals surface area (Å²) in [5.74, 6) is 0.144. The molecule has 4 nitrogen and oxygen atoms in total. The number of halogens is 2. The van der Waals surface area contributed by atoms with Gasteiger partial charge in [-0.3, -0.25) is 0 Å². The lowest BCUT2D eigenvalue weighted by atomic mass is 9.73. The van der Waals surface area contributed by atoms with Crippen molar-refractivity contribution in [2.24, 2.45) is 17.8 Å². The van der Waals surface area contributed by atoms with Gasteiger partial charge in [0.15, 0.2) is 17.9 Å². The fourth-order valence-electron chi connectivity index (χ4n) is 6.05. The zero-order valence-corrected chi connectivity index (χ0v) is 20.9. The Morgan fingerprint density at radius 1 is 0.824 bits per heavy atom. The molecule has 34 heavy (non-hydrogen) atoms. The molecule has 1 aliphatic carbocycles. The molecule has 2 atom stereocenters. The molecule has 2 aliphatic heterocycles. The van der Waals surface area contributed by atoms with Crippen LogP contribution in [0.1, 0.15) is 89.5 Å². The van der Waals surface area contributed by atoms with E-state index in [9.17, 15) is 8.78 Å². The molecule has 2 unspecified atom stereocenters. The van der Waals surface area contributed by atoms with Crippen molar-refractivity contribution in [1.82, 2.24) is 0 Å². The maximum atomic E-state index is 14.6. The molecule has 4 rings (SSSR count). The first kappa shape index (κ1) is 25.8. The Morgan fingerprint density at radius 3 is 2.21 bits per heavy atom. The predicted octanol–water partition coefficient (Wildman–Crippen LogP) is 7.00. The van der Waals surface area contributed by atoms with E-state index in [4.69, 9.17) is 18.9 Å². The van der Waals surface area contributed by atoms with Gasteiger partial charge in [-0.1, -0.05) is 51.5 Å². The molecule has 6 heteroatoms. The number of hydrogen-bond donors (Lipinski definition) is 0. The van der Waals surface area contributed by atoms with Crippen LogP contribution in [0.5, 0.6) is 5.75 Å². The topological polar surface area (TPSA) is 36.9 Å². The molecule has 0 bridgehead atoms. The monoisotopic (exact) mass is 480 g/mol. The van der Waals surface area contributed by atoms with Gasteiger partial charge in [-0.05, 0) is 62.0 Å². The van der Waals surface area contributed by atoms with Gasteiger partial charge in [-0.15, -0.1) is 0 Å². The van der Waals surface area contributed by atoms with E-state index >= 15 is 0 Å². The molecule has 192 valence electrons. The molecule has 0 aromatic heterocycles. The third kappa shape index (κ3) is 6.30. The fourth-order valence-corrected chi connectivity index (χ4v) is 6.05. The average Bonchev–Trinajstić information content (AvgIpc) is 2.88. The van der Waals surface area contributed by atoms with Gasteiger partial charge in [0, 0.05) is 5.92 Å². The predicted molar refractivity (Wildman–Crippen MR) is 128 cm³/mol. The summed E-state index contributed by atoms with van der Waals surface area (Å²) >= 11 is 0. The van der Waals surface area contributed by atoms with Crippen LogP contribution in [-0.4, -0.2) is 38.8 Å². The van der Waals surface area contributed by atoms with Crippen LogP contribution in [0.2, 0.25) is 0 Å². The Bertz CT molecular complexity index is 749. The summed E-state index contributed by atoms with van der Waals surface area (Å²) in [6.45, 7) is 5.67. The lowest BCUT2D eigenvalue weighted by Gasteiger charge is -2.41. The lowest BCUT2D eigenvalue weighted by molar-refractivity contribution is -0.251. The summed E-state index contributed by atoms with van der Waals surface area (Å²) in [6, 6.07) is 3.05.